The van der Waals surface area contributed by atoms with Gasteiger partial charge in [0.25, 0.3) is 0 Å². The number of hydrogen-bond donors (Lipinski definition) is 0. The number of methoxy groups -OCH3 is 1. The topological polar surface area (TPSA) is 55.8 Å². The van der Waals surface area contributed by atoms with Gasteiger partial charge in [-0.25, -0.2) is 17.7 Å². The third-order valence-electron chi connectivity index (χ3n) is 4.97. The largest absolute Gasteiger partial charge is 0.491 e. The van der Waals surface area contributed by atoms with Crippen LogP contribution < -0.4 is 4.74 Å². The van der Waals surface area contributed by atoms with Crippen LogP contribution >= 0.6 is 0 Å². The van der Waals surface area contributed by atoms with Crippen molar-refractivity contribution in [2.75, 3.05) is 13.7 Å². The molecule has 0 spiro atoms. The molecule has 0 bridgehead atoms. The Morgan fingerprint density at radius 2 is 1.83 bits per heavy atom. The molecule has 3 aromatic rings. The summed E-state index contributed by atoms with van der Waals surface area (Å²) < 4.78 is 39.5. The average Bonchev–Trinajstić information content (AvgIpc) is 2.98. The number of rotatable bonds is 4. The number of halogens is 1. The molecule has 0 aliphatic carbocycles. The van der Waals surface area contributed by atoms with Gasteiger partial charge in [0.05, 0.1) is 23.6 Å². The highest BCUT2D eigenvalue weighted by Crippen LogP contribution is 2.34. The normalized spacial score (nSPS) is 17.3. The van der Waals surface area contributed by atoms with Gasteiger partial charge in [-0.15, -0.1) is 0 Å². The van der Waals surface area contributed by atoms with Gasteiger partial charge in [-0.05, 0) is 42.0 Å². The van der Waals surface area contributed by atoms with Crippen LogP contribution in [0.5, 0.6) is 5.75 Å². The first-order valence-corrected chi connectivity index (χ1v) is 10.5. The molecule has 0 aromatic heterocycles. The van der Waals surface area contributed by atoms with Gasteiger partial charge in [0.2, 0.25) is 0 Å². The molecule has 5 nitrogen and oxygen atoms in total. The van der Waals surface area contributed by atoms with Gasteiger partial charge < -0.3 is 9.47 Å². The highest BCUT2D eigenvalue weighted by atomic mass is 32.2. The molecule has 2 atom stereocenters. The first-order valence-electron chi connectivity index (χ1n) is 9.40. The van der Waals surface area contributed by atoms with Gasteiger partial charge >= 0.3 is 5.97 Å². The van der Waals surface area contributed by atoms with E-state index in [0.717, 1.165) is 11.1 Å². The van der Waals surface area contributed by atoms with Gasteiger partial charge in [-0.1, -0.05) is 36.4 Å². The Labute approximate surface area is 176 Å². The smallest absolute Gasteiger partial charge is 0.337 e. The van der Waals surface area contributed by atoms with E-state index in [2.05, 4.69) is 0 Å². The maximum absolute atomic E-state index is 13.5. The molecule has 0 saturated heterocycles. The quantitative estimate of drug-likeness (QED) is 0.586. The van der Waals surface area contributed by atoms with E-state index in [1.54, 1.807) is 18.2 Å². The minimum absolute atomic E-state index is 0.245. The first-order chi connectivity index (χ1) is 14.6. The maximum atomic E-state index is 13.5. The lowest BCUT2D eigenvalue weighted by Crippen LogP contribution is -2.32. The fraction of sp³-hybridized carbons (Fsp3) is 0.174. The lowest BCUT2D eigenvalue weighted by molar-refractivity contribution is 0.0600. The summed E-state index contributed by atoms with van der Waals surface area (Å²) in [7, 11) is -0.221. The summed E-state index contributed by atoms with van der Waals surface area (Å²) in [4.78, 5) is 12.4. The summed E-state index contributed by atoms with van der Waals surface area (Å²) in [5, 5.41) is 0. The Balaban J connectivity index is 1.74. The lowest BCUT2D eigenvalue weighted by Gasteiger charge is -2.28. The molecule has 0 amide bonds. The summed E-state index contributed by atoms with van der Waals surface area (Å²) in [5.41, 5.74) is 2.14. The van der Waals surface area contributed by atoms with Crippen molar-refractivity contribution in [3.8, 4) is 5.75 Å². The van der Waals surface area contributed by atoms with Gasteiger partial charge in [0.15, 0.2) is 0 Å². The molecule has 7 heteroatoms. The van der Waals surface area contributed by atoms with Crippen LogP contribution in [0.1, 0.15) is 27.5 Å². The van der Waals surface area contributed by atoms with E-state index < -0.39 is 17.0 Å². The van der Waals surface area contributed by atoms with Crippen LogP contribution in [-0.4, -0.2) is 28.2 Å². The molecule has 4 rings (SSSR count). The highest BCUT2D eigenvalue weighted by molar-refractivity contribution is 7.82. The SMILES string of the molecule is COC(=O)c1ccc2c(c1)OCC(c1ccccc1)N(S(=O)c1ccc(F)cc1)C2. The van der Waals surface area contributed by atoms with Crippen LogP contribution in [0.2, 0.25) is 0 Å². The van der Waals surface area contributed by atoms with Crippen molar-refractivity contribution in [3.05, 3.63) is 95.3 Å². The molecule has 1 heterocycles. The molecule has 2 unspecified atom stereocenters. The number of esters is 1. The van der Waals surface area contributed by atoms with E-state index >= 15 is 0 Å². The summed E-state index contributed by atoms with van der Waals surface area (Å²) in [6, 6.07) is 20.1. The second-order valence-electron chi connectivity index (χ2n) is 6.83. The Morgan fingerprint density at radius 1 is 1.10 bits per heavy atom. The van der Waals surface area contributed by atoms with Crippen molar-refractivity contribution in [2.24, 2.45) is 0 Å². The van der Waals surface area contributed by atoms with E-state index in [-0.39, 0.29) is 18.5 Å². The Kier molecular flexibility index (Phi) is 5.92. The zero-order valence-electron chi connectivity index (χ0n) is 16.3. The third-order valence-corrected chi connectivity index (χ3v) is 6.46. The maximum Gasteiger partial charge on any atom is 0.337 e. The third kappa shape index (κ3) is 4.13. The molecule has 0 radical (unpaired) electrons. The number of ether oxygens (including phenoxy) is 2. The van der Waals surface area contributed by atoms with Crippen molar-refractivity contribution >= 4 is 17.0 Å². The van der Waals surface area contributed by atoms with Crippen LogP contribution in [0.15, 0.2) is 77.7 Å². The minimum atomic E-state index is -1.55. The van der Waals surface area contributed by atoms with Crippen LogP contribution in [0.4, 0.5) is 4.39 Å². The van der Waals surface area contributed by atoms with Crippen molar-refractivity contribution < 1.29 is 22.9 Å². The zero-order chi connectivity index (χ0) is 21.1. The number of fused-ring (bicyclic) bond motifs is 1. The van der Waals surface area contributed by atoms with Crippen molar-refractivity contribution in [1.82, 2.24) is 4.31 Å². The molecule has 0 saturated carbocycles. The molecule has 0 fully saturated rings. The summed E-state index contributed by atoms with van der Waals surface area (Å²) in [6.45, 7) is 0.578. The number of carbonyl (C=O) groups excluding carboxylic acids is 1. The molecule has 154 valence electrons. The minimum Gasteiger partial charge on any atom is -0.491 e. The summed E-state index contributed by atoms with van der Waals surface area (Å²) in [5.74, 6) is -0.273. The highest BCUT2D eigenvalue weighted by Gasteiger charge is 2.31. The standard InChI is InChI=1S/C23H20FNO4S/c1-28-23(26)17-7-8-18-14-25(30(27)20-11-9-19(24)10-12-20)21(15-29-22(18)13-17)16-5-3-2-4-6-16/h2-13,21H,14-15H2,1H3. The van der Waals surface area contributed by atoms with Crippen LogP contribution in [-0.2, 0) is 22.3 Å². The fourth-order valence-electron chi connectivity index (χ4n) is 3.39. The van der Waals surface area contributed by atoms with Crippen LogP contribution in [0, 0.1) is 5.82 Å². The average molecular weight is 425 g/mol. The monoisotopic (exact) mass is 425 g/mol. The van der Waals surface area contributed by atoms with E-state index in [9.17, 15) is 13.4 Å². The molecular weight excluding hydrogens is 405 g/mol. The second-order valence-corrected chi connectivity index (χ2v) is 8.27. The molecule has 1 aliphatic rings. The lowest BCUT2D eigenvalue weighted by atomic mass is 10.1. The van der Waals surface area contributed by atoms with Gasteiger partial charge in [-0.3, -0.25) is 0 Å². The molecule has 0 N–H and O–H groups in total. The van der Waals surface area contributed by atoms with E-state index in [1.165, 1.54) is 31.4 Å². The fourth-order valence-corrected chi connectivity index (χ4v) is 4.70. The Bertz CT molecular complexity index is 1070. The first kappa shape index (κ1) is 20.3. The summed E-state index contributed by atoms with van der Waals surface area (Å²) in [6.07, 6.45) is 0. The van der Waals surface area contributed by atoms with Crippen molar-refractivity contribution in [2.45, 2.75) is 17.5 Å². The van der Waals surface area contributed by atoms with Gasteiger partial charge in [-0.2, -0.15) is 0 Å². The number of hydrogen-bond acceptors (Lipinski definition) is 4. The number of carbonyl (C=O) groups is 1. The second kappa shape index (κ2) is 8.77. The number of nitrogens with zero attached hydrogens (tertiary/aromatic N) is 1. The van der Waals surface area contributed by atoms with Gasteiger partial charge in [0, 0.05) is 12.1 Å². The van der Waals surface area contributed by atoms with E-state index in [0.29, 0.717) is 22.8 Å². The zero-order valence-corrected chi connectivity index (χ0v) is 17.1. The molecule has 30 heavy (non-hydrogen) atoms. The van der Waals surface area contributed by atoms with Crippen LogP contribution in [0.3, 0.4) is 0 Å². The van der Waals surface area contributed by atoms with E-state index in [1.807, 2.05) is 34.6 Å². The predicted molar refractivity (Wildman–Crippen MR) is 111 cm³/mol. The molecular formula is C23H20FNO4S. The molecule has 1 aliphatic heterocycles. The van der Waals surface area contributed by atoms with E-state index in [4.69, 9.17) is 9.47 Å². The van der Waals surface area contributed by atoms with Gasteiger partial charge in [0.1, 0.15) is 29.2 Å². The predicted octanol–water partition coefficient (Wildman–Crippen LogP) is 4.27. The van der Waals surface area contributed by atoms with Crippen molar-refractivity contribution in [1.29, 1.82) is 0 Å². The number of benzene rings is 3. The Morgan fingerprint density at radius 3 is 2.53 bits per heavy atom. The van der Waals surface area contributed by atoms with Crippen molar-refractivity contribution in [3.63, 3.8) is 0 Å². The molecule has 3 aromatic carbocycles. The van der Waals surface area contributed by atoms with Crippen LogP contribution in [0.25, 0.3) is 0 Å². The summed E-state index contributed by atoms with van der Waals surface area (Å²) >= 11 is 0. The Hall–Kier alpha value is -3.03.